The van der Waals surface area contributed by atoms with Gasteiger partial charge in [0.05, 0.1) is 17.4 Å². The summed E-state index contributed by atoms with van der Waals surface area (Å²) in [5.41, 5.74) is 9.77. The van der Waals surface area contributed by atoms with Crippen LogP contribution < -0.4 is 0 Å². The Morgan fingerprint density at radius 2 is 1.67 bits per heavy atom. The van der Waals surface area contributed by atoms with Crippen LogP contribution in [0.25, 0.3) is 38.4 Å². The molecule has 0 amide bonds. The van der Waals surface area contributed by atoms with Gasteiger partial charge >= 0.3 is 0 Å². The Labute approximate surface area is 199 Å². The second-order valence-corrected chi connectivity index (χ2v) is 9.64. The summed E-state index contributed by atoms with van der Waals surface area (Å²) in [6, 6.07) is 17.7. The molecule has 0 aliphatic carbocycles. The van der Waals surface area contributed by atoms with Crippen molar-refractivity contribution in [3.8, 4) is 27.5 Å². The molecule has 0 unspecified atom stereocenters. The van der Waals surface area contributed by atoms with Crippen molar-refractivity contribution < 1.29 is 0 Å². The molecule has 5 aromatic rings. The maximum atomic E-state index is 4.98. The molecule has 0 spiro atoms. The summed E-state index contributed by atoms with van der Waals surface area (Å²) >= 11 is 1.68. The number of hydrogen-bond acceptors (Lipinski definition) is 3. The Kier molecular flexibility index (Phi) is 5.86. The molecular weight excluding hydrogens is 422 g/mol. The molecule has 33 heavy (non-hydrogen) atoms. The summed E-state index contributed by atoms with van der Waals surface area (Å²) in [6.45, 7) is 8.89. The molecule has 4 heteroatoms. The minimum absolute atomic E-state index is 0.516. The summed E-state index contributed by atoms with van der Waals surface area (Å²) < 4.78 is 2.25. The van der Waals surface area contributed by atoms with Crippen molar-refractivity contribution in [2.24, 2.45) is 0 Å². The van der Waals surface area contributed by atoms with Gasteiger partial charge in [-0.1, -0.05) is 58.0 Å². The van der Waals surface area contributed by atoms with E-state index in [1.54, 1.807) is 11.3 Å². The largest absolute Gasteiger partial charge is 0.314 e. The first-order valence-electron chi connectivity index (χ1n) is 11.7. The van der Waals surface area contributed by atoms with Gasteiger partial charge in [-0.05, 0) is 53.6 Å². The van der Waals surface area contributed by atoms with Crippen LogP contribution in [0.2, 0.25) is 0 Å². The zero-order chi connectivity index (χ0) is 22.9. The second kappa shape index (κ2) is 8.95. The molecule has 2 aromatic carbocycles. The number of hydrogen-bond donors (Lipinski definition) is 0. The number of fused-ring (bicyclic) bond motifs is 1. The average molecular weight is 452 g/mol. The molecule has 0 radical (unpaired) electrons. The minimum Gasteiger partial charge on any atom is -0.314 e. The Morgan fingerprint density at radius 3 is 2.27 bits per heavy atom. The predicted octanol–water partition coefficient (Wildman–Crippen LogP) is 8.06. The summed E-state index contributed by atoms with van der Waals surface area (Å²) in [6.07, 6.45) is 8.11. The third-order valence-electron chi connectivity index (χ3n) is 6.45. The summed E-state index contributed by atoms with van der Waals surface area (Å²) in [4.78, 5) is 9.62. The molecule has 0 aliphatic rings. The summed E-state index contributed by atoms with van der Waals surface area (Å²) in [7, 11) is 0. The first-order chi connectivity index (χ1) is 16.1. The quantitative estimate of drug-likeness (QED) is 0.261. The number of aromatic nitrogens is 3. The molecule has 0 saturated carbocycles. The van der Waals surface area contributed by atoms with Gasteiger partial charge < -0.3 is 4.57 Å². The third-order valence-corrected chi connectivity index (χ3v) is 7.25. The molecule has 0 fully saturated rings. The van der Waals surface area contributed by atoms with Crippen LogP contribution in [0, 0.1) is 0 Å². The maximum absolute atomic E-state index is 4.98. The van der Waals surface area contributed by atoms with E-state index < -0.39 is 0 Å². The average Bonchev–Trinajstić information content (AvgIpc) is 3.51. The smallest absolute Gasteiger partial charge is 0.125 e. The van der Waals surface area contributed by atoms with E-state index in [1.165, 1.54) is 27.6 Å². The molecule has 0 atom stereocenters. The van der Waals surface area contributed by atoms with E-state index in [-0.39, 0.29) is 0 Å². The van der Waals surface area contributed by atoms with Gasteiger partial charge in [-0.2, -0.15) is 0 Å². The Bertz CT molecular complexity index is 1370. The van der Waals surface area contributed by atoms with E-state index in [0.717, 1.165) is 40.3 Å². The minimum atomic E-state index is 0.516. The number of benzene rings is 2. The van der Waals surface area contributed by atoms with Crippen molar-refractivity contribution in [3.63, 3.8) is 0 Å². The van der Waals surface area contributed by atoms with Crippen LogP contribution in [0.3, 0.4) is 0 Å². The van der Waals surface area contributed by atoms with Crippen LogP contribution in [0.1, 0.15) is 50.3 Å². The molecule has 0 saturated heterocycles. The Morgan fingerprint density at radius 1 is 0.939 bits per heavy atom. The predicted molar refractivity (Wildman–Crippen MR) is 140 cm³/mol. The first kappa shape index (κ1) is 21.6. The van der Waals surface area contributed by atoms with Crippen LogP contribution in [-0.2, 0) is 12.8 Å². The van der Waals surface area contributed by atoms with E-state index in [1.807, 2.05) is 17.8 Å². The van der Waals surface area contributed by atoms with Crippen molar-refractivity contribution >= 4 is 22.2 Å². The maximum Gasteiger partial charge on any atom is 0.125 e. The van der Waals surface area contributed by atoms with Crippen molar-refractivity contribution in [1.29, 1.82) is 0 Å². The van der Waals surface area contributed by atoms with Crippen LogP contribution in [0.5, 0.6) is 0 Å². The molecule has 3 heterocycles. The monoisotopic (exact) mass is 451 g/mol. The number of pyridine rings is 1. The van der Waals surface area contributed by atoms with E-state index >= 15 is 0 Å². The normalized spacial score (nSPS) is 11.5. The Balaban J connectivity index is 1.73. The number of aryl methyl sites for hydroxylation is 2. The van der Waals surface area contributed by atoms with Crippen molar-refractivity contribution in [2.45, 2.75) is 46.5 Å². The Hall–Kier alpha value is -3.24. The number of rotatable bonds is 6. The molecule has 5 rings (SSSR count). The summed E-state index contributed by atoms with van der Waals surface area (Å²) in [5.74, 6) is 0.516. The standard InChI is InChI=1S/C29H29N3S/c1-5-20-8-7-9-21(6-2)28(20)26-16-24-25(29-30-14-15-33-29)18-32(27(24)17-31-26)23-12-10-22(11-13-23)19(3)4/h7-19H,5-6H2,1-4H3. The molecule has 3 nitrogen and oxygen atoms in total. The number of nitrogens with zero attached hydrogens (tertiary/aromatic N) is 3. The molecular formula is C29H29N3S. The molecule has 0 aliphatic heterocycles. The fraction of sp³-hybridized carbons (Fsp3) is 0.241. The highest BCUT2D eigenvalue weighted by Crippen LogP contribution is 2.37. The van der Waals surface area contributed by atoms with Gasteiger partial charge in [-0.3, -0.25) is 4.98 Å². The lowest BCUT2D eigenvalue weighted by Crippen LogP contribution is -1.97. The van der Waals surface area contributed by atoms with Gasteiger partial charge in [0.25, 0.3) is 0 Å². The zero-order valence-electron chi connectivity index (χ0n) is 19.7. The highest BCUT2D eigenvalue weighted by atomic mass is 32.1. The number of thiazole rings is 1. The van der Waals surface area contributed by atoms with Crippen molar-refractivity contribution in [3.05, 3.63) is 89.2 Å². The van der Waals surface area contributed by atoms with Crippen molar-refractivity contribution in [2.75, 3.05) is 0 Å². The van der Waals surface area contributed by atoms with E-state index in [9.17, 15) is 0 Å². The molecule has 166 valence electrons. The molecule has 0 N–H and O–H groups in total. The van der Waals surface area contributed by atoms with Crippen LogP contribution in [-0.4, -0.2) is 14.5 Å². The highest BCUT2D eigenvalue weighted by Gasteiger charge is 2.17. The van der Waals surface area contributed by atoms with E-state index in [4.69, 9.17) is 4.98 Å². The van der Waals surface area contributed by atoms with E-state index in [2.05, 4.69) is 92.0 Å². The van der Waals surface area contributed by atoms with Crippen molar-refractivity contribution in [1.82, 2.24) is 14.5 Å². The lowest BCUT2D eigenvalue weighted by atomic mass is 9.94. The third kappa shape index (κ3) is 3.89. The topological polar surface area (TPSA) is 30.7 Å². The lowest BCUT2D eigenvalue weighted by Gasteiger charge is -2.13. The molecule has 3 aromatic heterocycles. The van der Waals surface area contributed by atoms with Gasteiger partial charge in [0.15, 0.2) is 0 Å². The van der Waals surface area contributed by atoms with Gasteiger partial charge in [-0.15, -0.1) is 11.3 Å². The zero-order valence-corrected chi connectivity index (χ0v) is 20.5. The fourth-order valence-corrected chi connectivity index (χ4v) is 5.25. The second-order valence-electron chi connectivity index (χ2n) is 8.74. The van der Waals surface area contributed by atoms with Crippen LogP contribution >= 0.6 is 11.3 Å². The lowest BCUT2D eigenvalue weighted by molar-refractivity contribution is 0.865. The van der Waals surface area contributed by atoms with Crippen LogP contribution in [0.15, 0.2) is 72.5 Å². The first-order valence-corrected chi connectivity index (χ1v) is 12.6. The SMILES string of the molecule is CCc1cccc(CC)c1-c1cc2c(-c3nccs3)cn(-c3ccc(C(C)C)cc3)c2cn1. The fourth-order valence-electron chi connectivity index (χ4n) is 4.59. The van der Waals surface area contributed by atoms with Crippen LogP contribution in [0.4, 0.5) is 0 Å². The highest BCUT2D eigenvalue weighted by molar-refractivity contribution is 7.13. The van der Waals surface area contributed by atoms with Gasteiger partial charge in [0, 0.05) is 40.0 Å². The van der Waals surface area contributed by atoms with Gasteiger partial charge in [-0.25, -0.2) is 4.98 Å². The van der Waals surface area contributed by atoms with Gasteiger partial charge in [0.2, 0.25) is 0 Å². The van der Waals surface area contributed by atoms with Gasteiger partial charge in [0.1, 0.15) is 5.01 Å². The summed E-state index contributed by atoms with van der Waals surface area (Å²) in [5, 5.41) is 4.27. The molecule has 0 bridgehead atoms. The van der Waals surface area contributed by atoms with E-state index in [0.29, 0.717) is 5.92 Å².